The molecule has 5 nitrogen and oxygen atoms in total. The Labute approximate surface area is 152 Å². The molecule has 0 aliphatic rings. The summed E-state index contributed by atoms with van der Waals surface area (Å²) in [5, 5.41) is 2.89. The molecule has 0 aliphatic heterocycles. The van der Waals surface area contributed by atoms with Crippen LogP contribution in [-0.2, 0) is 0 Å². The number of nitrogens with one attached hydrogen (secondary N) is 2. The fraction of sp³-hybridized carbons (Fsp3) is 0.0526. The molecule has 6 heteroatoms. The predicted molar refractivity (Wildman–Crippen MR) is 101 cm³/mol. The normalized spacial score (nSPS) is 11.0. The Hall–Kier alpha value is -2.86. The number of rotatable bonds is 3. The smallest absolute Gasteiger partial charge is 0.291 e. The van der Waals surface area contributed by atoms with Crippen LogP contribution in [0.5, 0.6) is 0 Å². The number of aryl methyl sites for hydroxylation is 1. The summed E-state index contributed by atoms with van der Waals surface area (Å²) in [6.07, 6.45) is 0. The molecule has 2 N–H and O–H groups in total. The van der Waals surface area contributed by atoms with E-state index in [1.54, 1.807) is 12.1 Å². The molecule has 1 amide bonds. The number of fused-ring (bicyclic) bond motifs is 1. The quantitative estimate of drug-likeness (QED) is 0.503. The summed E-state index contributed by atoms with van der Waals surface area (Å²) in [7, 11) is 0. The van der Waals surface area contributed by atoms with Crippen LogP contribution in [-0.4, -0.2) is 15.9 Å². The van der Waals surface area contributed by atoms with Crippen molar-refractivity contribution in [3.8, 4) is 11.4 Å². The van der Waals surface area contributed by atoms with Crippen molar-refractivity contribution in [3.05, 3.63) is 70.6 Å². The van der Waals surface area contributed by atoms with Gasteiger partial charge in [0, 0.05) is 11.3 Å². The van der Waals surface area contributed by atoms with E-state index < -0.39 is 0 Å². The topological polar surface area (TPSA) is 70.9 Å². The zero-order valence-electron chi connectivity index (χ0n) is 13.3. The summed E-state index contributed by atoms with van der Waals surface area (Å²) < 4.78 is 5.82. The number of anilines is 1. The zero-order chi connectivity index (χ0) is 17.4. The van der Waals surface area contributed by atoms with Crippen molar-refractivity contribution in [2.45, 2.75) is 6.92 Å². The Kier molecular flexibility index (Phi) is 3.89. The van der Waals surface area contributed by atoms with Crippen LogP contribution >= 0.6 is 15.9 Å². The first-order valence-electron chi connectivity index (χ1n) is 7.72. The van der Waals surface area contributed by atoms with Gasteiger partial charge in [-0.2, -0.15) is 0 Å². The number of carbonyl (C=O) groups excluding carboxylic acids is 1. The van der Waals surface area contributed by atoms with E-state index in [1.807, 2.05) is 49.4 Å². The van der Waals surface area contributed by atoms with Gasteiger partial charge in [0.15, 0.2) is 10.4 Å². The Morgan fingerprint density at radius 3 is 2.76 bits per heavy atom. The molecule has 0 fully saturated rings. The molecule has 0 saturated heterocycles. The van der Waals surface area contributed by atoms with Crippen LogP contribution in [0.1, 0.15) is 16.1 Å². The number of para-hydroxylation sites is 2. The average Bonchev–Trinajstić information content (AvgIpc) is 3.23. The van der Waals surface area contributed by atoms with Gasteiger partial charge in [0.25, 0.3) is 5.91 Å². The number of hydrogen-bond acceptors (Lipinski definition) is 3. The number of imidazole rings is 1. The van der Waals surface area contributed by atoms with E-state index >= 15 is 0 Å². The second-order valence-electron chi connectivity index (χ2n) is 5.69. The lowest BCUT2D eigenvalue weighted by molar-refractivity contribution is 0.0995. The van der Waals surface area contributed by atoms with E-state index in [0.717, 1.165) is 33.7 Å². The molecule has 2 aromatic carbocycles. The van der Waals surface area contributed by atoms with Crippen LogP contribution in [0.2, 0.25) is 0 Å². The summed E-state index contributed by atoms with van der Waals surface area (Å²) in [4.78, 5) is 20.2. The van der Waals surface area contributed by atoms with Crippen LogP contribution < -0.4 is 5.32 Å². The Morgan fingerprint density at radius 1 is 1.16 bits per heavy atom. The van der Waals surface area contributed by atoms with Crippen LogP contribution in [0.3, 0.4) is 0 Å². The minimum Gasteiger partial charge on any atom is -0.444 e. The third-order valence-electron chi connectivity index (χ3n) is 3.95. The highest BCUT2D eigenvalue weighted by Gasteiger charge is 2.13. The van der Waals surface area contributed by atoms with E-state index in [0.29, 0.717) is 4.67 Å². The van der Waals surface area contributed by atoms with E-state index in [1.165, 1.54) is 0 Å². The lowest BCUT2D eigenvalue weighted by atomic mass is 10.1. The van der Waals surface area contributed by atoms with Crippen LogP contribution in [0.4, 0.5) is 5.69 Å². The zero-order valence-corrected chi connectivity index (χ0v) is 14.9. The van der Waals surface area contributed by atoms with Gasteiger partial charge in [-0.15, -0.1) is 0 Å². The van der Waals surface area contributed by atoms with Gasteiger partial charge in [0.05, 0.1) is 11.0 Å². The number of furan rings is 1. The number of H-pyrrole nitrogens is 1. The number of carbonyl (C=O) groups is 1. The Bertz CT molecular complexity index is 1050. The van der Waals surface area contributed by atoms with E-state index in [-0.39, 0.29) is 11.7 Å². The second-order valence-corrected chi connectivity index (χ2v) is 6.47. The molecule has 0 radical (unpaired) electrons. The van der Waals surface area contributed by atoms with E-state index in [2.05, 4.69) is 31.2 Å². The van der Waals surface area contributed by atoms with Gasteiger partial charge in [-0.25, -0.2) is 4.98 Å². The van der Waals surface area contributed by atoms with Crippen LogP contribution in [0.15, 0.2) is 63.7 Å². The van der Waals surface area contributed by atoms with E-state index in [4.69, 9.17) is 4.42 Å². The highest BCUT2D eigenvalue weighted by atomic mass is 79.9. The molecule has 25 heavy (non-hydrogen) atoms. The molecular weight excluding hydrogens is 382 g/mol. The van der Waals surface area contributed by atoms with Crippen molar-refractivity contribution in [2.24, 2.45) is 0 Å². The van der Waals surface area contributed by atoms with Crippen molar-refractivity contribution in [1.29, 1.82) is 0 Å². The van der Waals surface area contributed by atoms with Gasteiger partial charge in [-0.05, 0) is 58.7 Å². The van der Waals surface area contributed by atoms with Gasteiger partial charge >= 0.3 is 0 Å². The number of amides is 1. The van der Waals surface area contributed by atoms with Gasteiger partial charge < -0.3 is 14.7 Å². The molecule has 2 aromatic heterocycles. The van der Waals surface area contributed by atoms with E-state index in [9.17, 15) is 4.79 Å². The first-order valence-corrected chi connectivity index (χ1v) is 8.52. The maximum absolute atomic E-state index is 12.3. The lowest BCUT2D eigenvalue weighted by Crippen LogP contribution is -2.11. The molecule has 0 atom stereocenters. The highest BCUT2D eigenvalue weighted by molar-refractivity contribution is 9.10. The number of hydrogen-bond donors (Lipinski definition) is 2. The number of aromatic amines is 1. The maximum Gasteiger partial charge on any atom is 0.291 e. The Morgan fingerprint density at radius 2 is 2.00 bits per heavy atom. The number of aromatic nitrogens is 2. The lowest BCUT2D eigenvalue weighted by Gasteiger charge is -2.09. The monoisotopic (exact) mass is 395 g/mol. The molecule has 124 valence electrons. The Balaban J connectivity index is 1.67. The van der Waals surface area contributed by atoms with Gasteiger partial charge in [0.2, 0.25) is 0 Å². The third kappa shape index (κ3) is 3.08. The fourth-order valence-electron chi connectivity index (χ4n) is 2.61. The van der Waals surface area contributed by atoms with Gasteiger partial charge in [0.1, 0.15) is 5.82 Å². The molecule has 0 unspecified atom stereocenters. The summed E-state index contributed by atoms with van der Waals surface area (Å²) in [5.74, 6) is 0.716. The second kappa shape index (κ2) is 6.22. The third-order valence-corrected chi connectivity index (χ3v) is 4.37. The van der Waals surface area contributed by atoms with Crippen molar-refractivity contribution in [3.63, 3.8) is 0 Å². The predicted octanol–water partition coefficient (Wildman–Crippen LogP) is 5.15. The van der Waals surface area contributed by atoms with Crippen LogP contribution in [0.25, 0.3) is 22.4 Å². The molecular formula is C19H14BrN3O2. The number of benzene rings is 2. The molecule has 4 rings (SSSR count). The van der Waals surface area contributed by atoms with Gasteiger partial charge in [-0.1, -0.05) is 24.3 Å². The molecule has 0 bridgehead atoms. The van der Waals surface area contributed by atoms with Crippen LogP contribution in [0, 0.1) is 6.92 Å². The van der Waals surface area contributed by atoms with Crippen molar-refractivity contribution < 1.29 is 9.21 Å². The molecule has 0 aliphatic carbocycles. The molecule has 4 aromatic rings. The van der Waals surface area contributed by atoms with Crippen molar-refractivity contribution >= 4 is 38.6 Å². The molecule has 2 heterocycles. The molecule has 0 spiro atoms. The number of nitrogens with zero attached hydrogens (tertiary/aromatic N) is 1. The first kappa shape index (κ1) is 15.7. The summed E-state index contributed by atoms with van der Waals surface area (Å²) in [6.45, 7) is 1.94. The standard InChI is InChI=1S/C19H14BrN3O2/c1-11-6-7-12(18-21-13-4-2-3-5-14(13)22-18)10-15(11)23-19(24)16-8-9-17(20)25-16/h2-10H,1H3,(H,21,22)(H,23,24). The fourth-order valence-corrected chi connectivity index (χ4v) is 2.92. The first-order chi connectivity index (χ1) is 12.1. The molecule has 0 saturated carbocycles. The van der Waals surface area contributed by atoms with Crippen molar-refractivity contribution in [2.75, 3.05) is 5.32 Å². The maximum atomic E-state index is 12.3. The largest absolute Gasteiger partial charge is 0.444 e. The summed E-state index contributed by atoms with van der Waals surface area (Å²) in [5.41, 5.74) is 4.46. The summed E-state index contributed by atoms with van der Waals surface area (Å²) in [6, 6.07) is 17.0. The summed E-state index contributed by atoms with van der Waals surface area (Å²) >= 11 is 3.20. The minimum atomic E-state index is -0.296. The minimum absolute atomic E-state index is 0.250. The average molecular weight is 396 g/mol. The highest BCUT2D eigenvalue weighted by Crippen LogP contribution is 2.26. The SMILES string of the molecule is Cc1ccc(-c2nc3ccccc3[nH]2)cc1NC(=O)c1ccc(Br)o1. The van der Waals surface area contributed by atoms with Crippen molar-refractivity contribution in [1.82, 2.24) is 9.97 Å². The van der Waals surface area contributed by atoms with Gasteiger partial charge in [-0.3, -0.25) is 4.79 Å². The number of halogens is 1.